The first kappa shape index (κ1) is 22.7. The minimum atomic E-state index is -0.0791. The van der Waals surface area contributed by atoms with Crippen LogP contribution in [0.2, 0.25) is 0 Å². The van der Waals surface area contributed by atoms with Crippen LogP contribution in [0.3, 0.4) is 0 Å². The average Bonchev–Trinajstić information content (AvgIpc) is 2.69. The van der Waals surface area contributed by atoms with Gasteiger partial charge in [-0.25, -0.2) is 0 Å². The van der Waals surface area contributed by atoms with E-state index < -0.39 is 0 Å². The van der Waals surface area contributed by atoms with E-state index in [2.05, 4.69) is 12.2 Å². The van der Waals surface area contributed by atoms with E-state index in [0.717, 1.165) is 51.6 Å². The third-order valence-electron chi connectivity index (χ3n) is 6.39. The lowest BCUT2D eigenvalue weighted by Crippen LogP contribution is -2.39. The second kappa shape index (κ2) is 10.3. The summed E-state index contributed by atoms with van der Waals surface area (Å²) in [5.74, 6) is 0.658. The Morgan fingerprint density at radius 2 is 1.79 bits per heavy atom. The topological polar surface area (TPSA) is 75.4 Å². The van der Waals surface area contributed by atoms with Gasteiger partial charge in [-0.05, 0) is 55.7 Å². The normalized spacial score (nSPS) is 19.6. The number of nitrogens with two attached hydrogens (primary N) is 1. The van der Waals surface area contributed by atoms with Crippen LogP contribution in [0.25, 0.3) is 0 Å². The molecule has 1 saturated carbocycles. The molecule has 2 aliphatic rings. The average molecular weight is 408 g/mol. The molecule has 1 aromatic carbocycles. The number of nitrogens with zero attached hydrogens (tertiary/aromatic N) is 1. The fourth-order valence-electron chi connectivity index (χ4n) is 4.45. The molecule has 1 saturated heterocycles. The second-order valence-electron chi connectivity index (χ2n) is 8.51. The maximum atomic E-state index is 13.0. The fraction of sp³-hybridized carbons (Fsp3) is 0.636. The Kier molecular flexibility index (Phi) is 8.32. The van der Waals surface area contributed by atoms with Crippen molar-refractivity contribution in [2.24, 2.45) is 17.1 Å². The Bertz CT molecular complexity index is 666. The zero-order valence-electron chi connectivity index (χ0n) is 16.9. The molecule has 1 aliphatic heterocycles. The number of carbonyl (C=O) groups excluding carboxylic acids is 2. The molecule has 28 heavy (non-hydrogen) atoms. The molecular weight excluding hydrogens is 374 g/mol. The van der Waals surface area contributed by atoms with Gasteiger partial charge < -0.3 is 16.0 Å². The van der Waals surface area contributed by atoms with Gasteiger partial charge in [-0.1, -0.05) is 38.3 Å². The van der Waals surface area contributed by atoms with Gasteiger partial charge in [0.2, 0.25) is 5.91 Å². The summed E-state index contributed by atoms with van der Waals surface area (Å²) in [4.78, 5) is 27.6. The number of rotatable bonds is 5. The van der Waals surface area contributed by atoms with Crippen LogP contribution in [0, 0.1) is 11.3 Å². The van der Waals surface area contributed by atoms with E-state index in [1.54, 1.807) is 0 Å². The Labute approximate surface area is 174 Å². The van der Waals surface area contributed by atoms with Gasteiger partial charge in [0, 0.05) is 19.5 Å². The second-order valence-corrected chi connectivity index (χ2v) is 8.51. The van der Waals surface area contributed by atoms with Crippen LogP contribution in [0.15, 0.2) is 24.3 Å². The van der Waals surface area contributed by atoms with Crippen molar-refractivity contribution in [2.75, 3.05) is 25.0 Å². The molecule has 1 aromatic rings. The van der Waals surface area contributed by atoms with Crippen LogP contribution < -0.4 is 11.1 Å². The Morgan fingerprint density at radius 1 is 1.14 bits per heavy atom. The molecule has 0 unspecified atom stereocenters. The molecule has 6 heteroatoms. The molecule has 5 nitrogen and oxygen atoms in total. The Hall–Kier alpha value is -1.59. The van der Waals surface area contributed by atoms with E-state index in [1.165, 1.54) is 6.42 Å². The van der Waals surface area contributed by atoms with Gasteiger partial charge in [0.05, 0.1) is 11.3 Å². The molecule has 0 radical (unpaired) electrons. The summed E-state index contributed by atoms with van der Waals surface area (Å²) in [7, 11) is 0. The number of benzene rings is 1. The summed E-state index contributed by atoms with van der Waals surface area (Å²) in [5.41, 5.74) is 7.16. The number of amides is 2. The number of halogens is 1. The van der Waals surface area contributed by atoms with Crippen LogP contribution in [0.1, 0.15) is 68.6 Å². The Balaban J connectivity index is 0.00000280. The largest absolute Gasteiger partial charge is 0.339 e. The van der Waals surface area contributed by atoms with Gasteiger partial charge in [0.25, 0.3) is 5.91 Å². The molecule has 3 rings (SSSR count). The van der Waals surface area contributed by atoms with E-state index in [-0.39, 0.29) is 29.6 Å². The molecule has 1 aliphatic carbocycles. The summed E-state index contributed by atoms with van der Waals surface area (Å²) in [6.45, 7) is 4.36. The van der Waals surface area contributed by atoms with Crippen LogP contribution in [0.5, 0.6) is 0 Å². The summed E-state index contributed by atoms with van der Waals surface area (Å²) in [5, 5.41) is 3.00. The smallest absolute Gasteiger partial charge is 0.255 e. The predicted octanol–water partition coefficient (Wildman–Crippen LogP) is 4.22. The lowest BCUT2D eigenvalue weighted by molar-refractivity contribution is -0.118. The number of carbonyl (C=O) groups is 2. The minimum Gasteiger partial charge on any atom is -0.339 e. The van der Waals surface area contributed by atoms with Crippen molar-refractivity contribution < 1.29 is 9.59 Å². The highest BCUT2D eigenvalue weighted by atomic mass is 35.5. The zero-order chi connectivity index (χ0) is 19.3. The number of piperidine rings is 1. The number of nitrogens with one attached hydrogen (secondary N) is 1. The standard InChI is InChI=1S/C22H33N3O2.ClH/c1-17-9-13-25(14-10-17)21(27)18-7-3-4-8-19(18)24-20(26)15-22(16-23)11-5-2-6-12-22;/h3-4,7-8,17H,2,5-6,9-16,23H2,1H3,(H,24,26);1H. The van der Waals surface area contributed by atoms with Crippen molar-refractivity contribution in [1.82, 2.24) is 4.90 Å². The van der Waals surface area contributed by atoms with Crippen molar-refractivity contribution in [3.8, 4) is 0 Å². The molecule has 2 fully saturated rings. The molecule has 2 amide bonds. The van der Waals surface area contributed by atoms with E-state index in [9.17, 15) is 9.59 Å². The first-order valence-electron chi connectivity index (χ1n) is 10.4. The quantitative estimate of drug-likeness (QED) is 0.767. The van der Waals surface area contributed by atoms with Gasteiger partial charge in [-0.2, -0.15) is 0 Å². The predicted molar refractivity (Wildman–Crippen MR) is 116 cm³/mol. The van der Waals surface area contributed by atoms with Crippen LogP contribution >= 0.6 is 12.4 Å². The van der Waals surface area contributed by atoms with Crippen LogP contribution in [0.4, 0.5) is 5.69 Å². The van der Waals surface area contributed by atoms with Crippen molar-refractivity contribution >= 4 is 29.9 Å². The lowest BCUT2D eigenvalue weighted by atomic mass is 9.71. The van der Waals surface area contributed by atoms with E-state index in [0.29, 0.717) is 30.1 Å². The van der Waals surface area contributed by atoms with Gasteiger partial charge in [0.1, 0.15) is 0 Å². The number of likely N-dealkylation sites (tertiary alicyclic amines) is 1. The highest BCUT2D eigenvalue weighted by Crippen LogP contribution is 2.38. The number of para-hydroxylation sites is 1. The fourth-order valence-corrected chi connectivity index (χ4v) is 4.45. The Morgan fingerprint density at radius 3 is 2.43 bits per heavy atom. The summed E-state index contributed by atoms with van der Waals surface area (Å²) < 4.78 is 0. The molecule has 0 spiro atoms. The number of hydrogen-bond acceptors (Lipinski definition) is 3. The van der Waals surface area contributed by atoms with E-state index >= 15 is 0 Å². The van der Waals surface area contributed by atoms with Crippen molar-refractivity contribution in [2.45, 2.75) is 58.3 Å². The van der Waals surface area contributed by atoms with Gasteiger partial charge in [-0.15, -0.1) is 12.4 Å². The number of anilines is 1. The molecule has 1 heterocycles. The molecule has 0 bridgehead atoms. The SMILES string of the molecule is CC1CCN(C(=O)c2ccccc2NC(=O)CC2(CN)CCCCC2)CC1.Cl. The van der Waals surface area contributed by atoms with Gasteiger partial charge >= 0.3 is 0 Å². The van der Waals surface area contributed by atoms with E-state index in [1.807, 2.05) is 29.2 Å². The molecule has 0 atom stereocenters. The van der Waals surface area contributed by atoms with Crippen LogP contribution in [-0.2, 0) is 4.79 Å². The summed E-state index contributed by atoms with van der Waals surface area (Å²) in [6.07, 6.45) is 8.08. The highest BCUT2D eigenvalue weighted by molar-refractivity contribution is 6.03. The van der Waals surface area contributed by atoms with E-state index in [4.69, 9.17) is 5.73 Å². The maximum absolute atomic E-state index is 13.0. The van der Waals surface area contributed by atoms with Crippen molar-refractivity contribution in [3.63, 3.8) is 0 Å². The molecule has 0 aromatic heterocycles. The first-order chi connectivity index (χ1) is 13.0. The molecule has 3 N–H and O–H groups in total. The molecule has 156 valence electrons. The monoisotopic (exact) mass is 407 g/mol. The third-order valence-corrected chi connectivity index (χ3v) is 6.39. The summed E-state index contributed by atoms with van der Waals surface area (Å²) >= 11 is 0. The van der Waals surface area contributed by atoms with Crippen molar-refractivity contribution in [1.29, 1.82) is 0 Å². The molecular formula is C22H34ClN3O2. The van der Waals surface area contributed by atoms with Gasteiger partial charge in [-0.3, -0.25) is 9.59 Å². The lowest BCUT2D eigenvalue weighted by Gasteiger charge is -2.35. The zero-order valence-corrected chi connectivity index (χ0v) is 17.7. The highest BCUT2D eigenvalue weighted by Gasteiger charge is 2.33. The minimum absolute atomic E-state index is 0. The number of hydrogen-bond donors (Lipinski definition) is 2. The van der Waals surface area contributed by atoms with Gasteiger partial charge in [0.15, 0.2) is 0 Å². The van der Waals surface area contributed by atoms with Crippen molar-refractivity contribution in [3.05, 3.63) is 29.8 Å². The third kappa shape index (κ3) is 5.48. The van der Waals surface area contributed by atoms with Crippen LogP contribution in [-0.4, -0.2) is 36.3 Å². The maximum Gasteiger partial charge on any atom is 0.255 e. The first-order valence-corrected chi connectivity index (χ1v) is 10.4. The summed E-state index contributed by atoms with van der Waals surface area (Å²) in [6, 6.07) is 7.37.